The molecule has 1 aliphatic rings. The van der Waals surface area contributed by atoms with Crippen LogP contribution in [0.5, 0.6) is 0 Å². The zero-order chi connectivity index (χ0) is 36.1. The largest absolute Gasteiger partial charge is 0.410 e. The Hall–Kier alpha value is -7.49. The summed E-state index contributed by atoms with van der Waals surface area (Å²) in [5.74, 6) is 0.639. The van der Waals surface area contributed by atoms with Gasteiger partial charge in [0.05, 0.1) is 28.7 Å². The van der Waals surface area contributed by atoms with Gasteiger partial charge in [0.25, 0.3) is 0 Å². The van der Waals surface area contributed by atoms with Crippen LogP contribution in [0.2, 0.25) is 0 Å². The van der Waals surface area contributed by atoms with Crippen LogP contribution in [0.15, 0.2) is 181 Å². The number of rotatable bonds is 7. The van der Waals surface area contributed by atoms with Gasteiger partial charge in [-0.2, -0.15) is 5.26 Å². The van der Waals surface area contributed by atoms with E-state index in [1.807, 2.05) is 164 Å². The minimum absolute atomic E-state index is 0.111. The van der Waals surface area contributed by atoms with Crippen molar-refractivity contribution in [2.24, 2.45) is 5.16 Å². The molecule has 0 radical (unpaired) electrons. The van der Waals surface area contributed by atoms with E-state index in [2.05, 4.69) is 23.4 Å². The Morgan fingerprint density at radius 3 is 1.70 bits per heavy atom. The summed E-state index contributed by atoms with van der Waals surface area (Å²) in [7, 11) is 0. The van der Waals surface area contributed by atoms with Gasteiger partial charge in [0.15, 0.2) is 5.82 Å². The van der Waals surface area contributed by atoms with Gasteiger partial charge in [-0.3, -0.25) is 5.41 Å². The van der Waals surface area contributed by atoms with E-state index in [-0.39, 0.29) is 11.4 Å². The highest BCUT2D eigenvalue weighted by atomic mass is 16.4. The second-order valence-electron chi connectivity index (χ2n) is 12.6. The van der Waals surface area contributed by atoms with E-state index in [4.69, 9.17) is 15.4 Å². The average molecular weight is 682 g/mol. The lowest BCUT2D eigenvalue weighted by molar-refractivity contribution is 0.321. The van der Waals surface area contributed by atoms with Crippen molar-refractivity contribution >= 4 is 22.6 Å². The van der Waals surface area contributed by atoms with Crippen molar-refractivity contribution in [1.82, 2.24) is 9.97 Å². The molecule has 1 aliphatic carbocycles. The zero-order valence-electron chi connectivity index (χ0n) is 28.5. The third-order valence-electron chi connectivity index (χ3n) is 9.27. The molecular weight excluding hydrogens is 651 g/mol. The minimum Gasteiger partial charge on any atom is -0.410 e. The highest BCUT2D eigenvalue weighted by Crippen LogP contribution is 2.37. The van der Waals surface area contributed by atoms with Crippen LogP contribution in [0.1, 0.15) is 16.7 Å². The molecule has 1 aromatic heterocycles. The fourth-order valence-corrected chi connectivity index (χ4v) is 6.68. The summed E-state index contributed by atoms with van der Waals surface area (Å²) in [4.78, 5) is 9.96. The number of hydrogen-bond acceptors (Lipinski definition) is 6. The Morgan fingerprint density at radius 2 is 1.02 bits per heavy atom. The maximum Gasteiger partial charge on any atom is 0.160 e. The molecule has 0 amide bonds. The third-order valence-corrected chi connectivity index (χ3v) is 9.27. The van der Waals surface area contributed by atoms with E-state index in [0.717, 1.165) is 61.5 Å². The Kier molecular flexibility index (Phi) is 8.88. The number of allylic oxidation sites excluding steroid dienone is 4. The van der Waals surface area contributed by atoms with Gasteiger partial charge in [0, 0.05) is 27.8 Å². The molecule has 0 aliphatic heterocycles. The molecule has 6 nitrogen and oxygen atoms in total. The standard InChI is InChI=1S/C47H31N5O/c48-30-31-25-37(28-38(26-31)39-21-10-11-22-41(39)42-24-23-40(46(52-53)45(42)49)32-13-4-1-5-14-32)35-19-12-20-36(27-35)44-29-43(33-15-6-2-7-16-33)50-47(51-44)34-17-8-3-9-18-34/h1-29,49,53H/b49-45?,52-46-. The van der Waals surface area contributed by atoms with Gasteiger partial charge in [-0.15, -0.1) is 0 Å². The van der Waals surface area contributed by atoms with Crippen LogP contribution in [0.3, 0.4) is 0 Å². The van der Waals surface area contributed by atoms with Crippen LogP contribution >= 0.6 is 0 Å². The molecule has 6 aromatic carbocycles. The van der Waals surface area contributed by atoms with Crippen LogP contribution in [0.4, 0.5) is 0 Å². The molecule has 53 heavy (non-hydrogen) atoms. The number of nitrogens with one attached hydrogen (secondary N) is 1. The van der Waals surface area contributed by atoms with Gasteiger partial charge in [-0.25, -0.2) is 9.97 Å². The minimum atomic E-state index is 0.111. The number of oxime groups is 1. The SMILES string of the molecule is N#Cc1cc(-c2cccc(-c3cc(-c4ccccc4)nc(-c4ccccc4)n3)c2)cc(-c2ccccc2C2=CC=C(c3ccccc3)/C(=N/O)C2=N)c1. The van der Waals surface area contributed by atoms with Gasteiger partial charge in [0.2, 0.25) is 0 Å². The van der Waals surface area contributed by atoms with Crippen molar-refractivity contribution in [2.75, 3.05) is 0 Å². The average Bonchev–Trinajstić information content (AvgIpc) is 3.24. The quantitative estimate of drug-likeness (QED) is 0.0992. The molecule has 0 spiro atoms. The highest BCUT2D eigenvalue weighted by Gasteiger charge is 2.25. The summed E-state index contributed by atoms with van der Waals surface area (Å²) in [6.07, 6.45) is 3.78. The van der Waals surface area contributed by atoms with Crippen LogP contribution in [-0.2, 0) is 0 Å². The van der Waals surface area contributed by atoms with Crippen LogP contribution in [0, 0.1) is 16.7 Å². The molecule has 0 atom stereocenters. The highest BCUT2D eigenvalue weighted by molar-refractivity contribution is 6.69. The number of benzene rings is 6. The predicted octanol–water partition coefficient (Wildman–Crippen LogP) is 11.0. The maximum atomic E-state index is 10.2. The van der Waals surface area contributed by atoms with Crippen molar-refractivity contribution in [3.05, 3.63) is 193 Å². The summed E-state index contributed by atoms with van der Waals surface area (Å²) in [6.45, 7) is 0. The molecule has 0 saturated heterocycles. The van der Waals surface area contributed by atoms with E-state index in [1.54, 1.807) is 0 Å². The number of aromatic nitrogens is 2. The maximum absolute atomic E-state index is 10.2. The lowest BCUT2D eigenvalue weighted by atomic mass is 9.83. The second-order valence-corrected chi connectivity index (χ2v) is 12.6. The molecular formula is C47H31N5O. The molecule has 6 heteroatoms. The van der Waals surface area contributed by atoms with E-state index >= 15 is 0 Å². The van der Waals surface area contributed by atoms with Gasteiger partial charge < -0.3 is 5.21 Å². The zero-order valence-corrected chi connectivity index (χ0v) is 28.5. The number of nitriles is 1. The summed E-state index contributed by atoms with van der Waals surface area (Å²) in [6, 6.07) is 55.8. The van der Waals surface area contributed by atoms with Crippen molar-refractivity contribution in [1.29, 1.82) is 10.7 Å². The molecule has 0 saturated carbocycles. The predicted molar refractivity (Wildman–Crippen MR) is 213 cm³/mol. The van der Waals surface area contributed by atoms with Gasteiger partial charge in [-0.05, 0) is 63.7 Å². The smallest absolute Gasteiger partial charge is 0.160 e. The van der Waals surface area contributed by atoms with Crippen molar-refractivity contribution in [3.63, 3.8) is 0 Å². The monoisotopic (exact) mass is 681 g/mol. The van der Waals surface area contributed by atoms with E-state index in [0.29, 0.717) is 22.5 Å². The third kappa shape index (κ3) is 6.59. The first-order chi connectivity index (χ1) is 26.1. The lowest BCUT2D eigenvalue weighted by Crippen LogP contribution is -2.20. The van der Waals surface area contributed by atoms with Crippen molar-refractivity contribution < 1.29 is 5.21 Å². The fourth-order valence-electron chi connectivity index (χ4n) is 6.68. The summed E-state index contributed by atoms with van der Waals surface area (Å²) >= 11 is 0. The van der Waals surface area contributed by atoms with E-state index in [1.165, 1.54) is 0 Å². The Balaban J connectivity index is 1.22. The van der Waals surface area contributed by atoms with E-state index < -0.39 is 0 Å². The first-order valence-corrected chi connectivity index (χ1v) is 17.1. The van der Waals surface area contributed by atoms with Crippen LogP contribution in [0.25, 0.3) is 67.3 Å². The number of hydrogen-bond donors (Lipinski definition) is 2. The molecule has 0 fully saturated rings. The molecule has 0 unspecified atom stereocenters. The van der Waals surface area contributed by atoms with Crippen LogP contribution in [-0.4, -0.2) is 26.6 Å². The van der Waals surface area contributed by atoms with Crippen LogP contribution < -0.4 is 0 Å². The first kappa shape index (κ1) is 32.7. The van der Waals surface area contributed by atoms with Crippen molar-refractivity contribution in [3.8, 4) is 62.2 Å². The Bertz CT molecular complexity index is 2580. The second kappa shape index (κ2) is 14.4. The molecule has 250 valence electrons. The van der Waals surface area contributed by atoms with Gasteiger partial charge >= 0.3 is 0 Å². The number of nitrogens with zero attached hydrogens (tertiary/aromatic N) is 4. The molecule has 1 heterocycles. The van der Waals surface area contributed by atoms with Gasteiger partial charge in [0.1, 0.15) is 5.71 Å². The summed E-state index contributed by atoms with van der Waals surface area (Å²) in [5.41, 5.74) is 11.7. The topological polar surface area (TPSA) is 106 Å². The summed E-state index contributed by atoms with van der Waals surface area (Å²) in [5, 5.41) is 32.9. The molecule has 8 rings (SSSR count). The molecule has 2 N–H and O–H groups in total. The fraction of sp³-hybridized carbons (Fsp3) is 0. The molecule has 7 aromatic rings. The molecule has 0 bridgehead atoms. The van der Waals surface area contributed by atoms with Gasteiger partial charge in [-0.1, -0.05) is 151 Å². The Labute approximate surface area is 307 Å². The first-order valence-electron chi connectivity index (χ1n) is 17.1. The Morgan fingerprint density at radius 1 is 0.491 bits per heavy atom. The normalized spacial score (nSPS) is 13.3. The van der Waals surface area contributed by atoms with Crippen molar-refractivity contribution in [2.45, 2.75) is 0 Å². The lowest BCUT2D eigenvalue weighted by Gasteiger charge is -2.20. The summed E-state index contributed by atoms with van der Waals surface area (Å²) < 4.78 is 0. The van der Waals surface area contributed by atoms with E-state index in [9.17, 15) is 10.5 Å².